The van der Waals surface area contributed by atoms with Crippen LogP contribution in [0.5, 0.6) is 0 Å². The molecule has 1 amide bonds. The number of carbonyl (C=O) groups is 1. The molecule has 0 aliphatic rings. The Bertz CT molecular complexity index is 1130. The number of hydrogen-bond donors (Lipinski definition) is 1. The quantitative estimate of drug-likeness (QED) is 0.653. The average Bonchev–Trinajstić information content (AvgIpc) is 2.69. The number of rotatable bonds is 5. The molecule has 0 saturated carbocycles. The van der Waals surface area contributed by atoms with Crippen LogP contribution in [-0.4, -0.2) is 22.2 Å². The second-order valence-electron chi connectivity index (χ2n) is 6.59. The average molecular weight is 436 g/mol. The lowest BCUT2D eigenvalue weighted by Gasteiger charge is -2.13. The lowest BCUT2D eigenvalue weighted by atomic mass is 10.1. The second-order valence-corrected chi connectivity index (χ2v) is 7.03. The van der Waals surface area contributed by atoms with Gasteiger partial charge in [-0.25, -0.2) is 4.68 Å². The van der Waals surface area contributed by atoms with Crippen LogP contribution in [0.2, 0.25) is 5.02 Å². The summed E-state index contributed by atoms with van der Waals surface area (Å²) >= 11 is 5.83. The number of hydrogen-bond acceptors (Lipinski definition) is 3. The largest absolute Gasteiger partial charge is 0.416 e. The fourth-order valence-corrected chi connectivity index (χ4v) is 2.96. The zero-order valence-electron chi connectivity index (χ0n) is 15.8. The third kappa shape index (κ3) is 5.07. The van der Waals surface area contributed by atoms with E-state index in [4.69, 9.17) is 11.6 Å². The molecule has 30 heavy (non-hydrogen) atoms. The van der Waals surface area contributed by atoms with E-state index in [0.717, 1.165) is 22.4 Å². The van der Waals surface area contributed by atoms with Crippen molar-refractivity contribution in [3.05, 3.63) is 92.4 Å². The van der Waals surface area contributed by atoms with Gasteiger partial charge < -0.3 is 5.32 Å². The molecule has 1 heterocycles. The van der Waals surface area contributed by atoms with Crippen LogP contribution in [-0.2, 0) is 12.6 Å². The Morgan fingerprint density at radius 1 is 1.13 bits per heavy atom. The van der Waals surface area contributed by atoms with Crippen molar-refractivity contribution in [1.82, 2.24) is 15.1 Å². The first-order valence-corrected chi connectivity index (χ1v) is 9.34. The predicted molar refractivity (Wildman–Crippen MR) is 107 cm³/mol. The monoisotopic (exact) mass is 435 g/mol. The first-order chi connectivity index (χ1) is 14.1. The van der Waals surface area contributed by atoms with Crippen molar-refractivity contribution < 1.29 is 18.0 Å². The van der Waals surface area contributed by atoms with E-state index in [1.54, 1.807) is 12.1 Å². The molecule has 3 rings (SSSR count). The van der Waals surface area contributed by atoms with Crippen LogP contribution in [0, 0.1) is 6.92 Å². The van der Waals surface area contributed by atoms with Crippen LogP contribution < -0.4 is 10.7 Å². The van der Waals surface area contributed by atoms with E-state index in [0.29, 0.717) is 17.1 Å². The maximum Gasteiger partial charge on any atom is 0.416 e. The van der Waals surface area contributed by atoms with Gasteiger partial charge >= 0.3 is 6.18 Å². The molecule has 0 aliphatic heterocycles. The Labute approximate surface area is 175 Å². The Hall–Kier alpha value is -3.13. The van der Waals surface area contributed by atoms with Crippen LogP contribution >= 0.6 is 11.6 Å². The topological polar surface area (TPSA) is 64.0 Å². The van der Waals surface area contributed by atoms with E-state index in [9.17, 15) is 22.8 Å². The molecule has 0 fully saturated rings. The second kappa shape index (κ2) is 8.71. The van der Waals surface area contributed by atoms with Crippen molar-refractivity contribution in [2.45, 2.75) is 19.5 Å². The zero-order valence-corrected chi connectivity index (χ0v) is 16.6. The summed E-state index contributed by atoms with van der Waals surface area (Å²) in [5, 5.41) is 7.22. The lowest BCUT2D eigenvalue weighted by Crippen LogP contribution is -2.33. The van der Waals surface area contributed by atoms with Crippen molar-refractivity contribution in [3.63, 3.8) is 0 Å². The smallest absolute Gasteiger partial charge is 0.350 e. The maximum atomic E-state index is 13.0. The van der Waals surface area contributed by atoms with Crippen molar-refractivity contribution in [2.24, 2.45) is 0 Å². The van der Waals surface area contributed by atoms with Gasteiger partial charge in [-0.15, -0.1) is 0 Å². The summed E-state index contributed by atoms with van der Waals surface area (Å²) in [7, 11) is 0. The Kier molecular flexibility index (Phi) is 6.26. The van der Waals surface area contributed by atoms with Crippen molar-refractivity contribution in [1.29, 1.82) is 0 Å². The number of nitrogens with one attached hydrogen (secondary N) is 1. The first kappa shape index (κ1) is 21.6. The fourth-order valence-electron chi connectivity index (χ4n) is 2.84. The van der Waals surface area contributed by atoms with Gasteiger partial charge in [-0.1, -0.05) is 29.8 Å². The van der Waals surface area contributed by atoms with Crippen LogP contribution in [0.4, 0.5) is 13.2 Å². The fraction of sp³-hybridized carbons (Fsp3) is 0.190. The standard InChI is InChI=1S/C21H17ClF3N3O2/c1-13-11-18(29)19(20(30)26-10-9-14-5-7-16(22)8-6-14)27-28(13)17-4-2-3-15(12-17)21(23,24)25/h2-8,11-12H,9-10H2,1H3,(H,26,30). The molecule has 0 unspecified atom stereocenters. The summed E-state index contributed by atoms with van der Waals surface area (Å²) < 4.78 is 40.2. The molecule has 0 aliphatic carbocycles. The Balaban J connectivity index is 1.81. The minimum absolute atomic E-state index is 0.0949. The molecule has 5 nitrogen and oxygen atoms in total. The third-order valence-electron chi connectivity index (χ3n) is 4.35. The van der Waals surface area contributed by atoms with Crippen LogP contribution in [0.1, 0.15) is 27.3 Å². The highest BCUT2D eigenvalue weighted by Crippen LogP contribution is 2.30. The van der Waals surface area contributed by atoms with Gasteiger partial charge in [0.05, 0.1) is 11.3 Å². The molecular formula is C21H17ClF3N3O2. The number of halogens is 4. The number of benzene rings is 2. The van der Waals surface area contributed by atoms with Crippen molar-refractivity contribution >= 4 is 17.5 Å². The van der Waals surface area contributed by atoms with E-state index >= 15 is 0 Å². The lowest BCUT2D eigenvalue weighted by molar-refractivity contribution is -0.137. The zero-order chi connectivity index (χ0) is 21.9. The molecule has 9 heteroatoms. The van der Waals surface area contributed by atoms with Gasteiger partial charge in [0.1, 0.15) is 0 Å². The van der Waals surface area contributed by atoms with Crippen LogP contribution in [0.25, 0.3) is 5.69 Å². The van der Waals surface area contributed by atoms with E-state index in [2.05, 4.69) is 10.4 Å². The summed E-state index contributed by atoms with van der Waals surface area (Å²) in [6, 6.07) is 12.8. The molecule has 2 aromatic carbocycles. The summed E-state index contributed by atoms with van der Waals surface area (Å²) in [5.41, 5.74) is -0.518. The van der Waals surface area contributed by atoms with E-state index in [-0.39, 0.29) is 12.2 Å². The number of nitrogens with zero attached hydrogens (tertiary/aromatic N) is 2. The van der Waals surface area contributed by atoms with Gasteiger partial charge in [0, 0.05) is 23.3 Å². The molecule has 1 N–H and O–H groups in total. The number of carbonyl (C=O) groups excluding carboxylic acids is 1. The number of alkyl halides is 3. The van der Waals surface area contributed by atoms with Gasteiger partial charge in [-0.3, -0.25) is 9.59 Å². The molecule has 3 aromatic rings. The summed E-state index contributed by atoms with van der Waals surface area (Å²) in [4.78, 5) is 24.7. The highest BCUT2D eigenvalue weighted by molar-refractivity contribution is 6.30. The molecule has 0 spiro atoms. The summed E-state index contributed by atoms with van der Waals surface area (Å²) in [5.74, 6) is -0.699. The highest BCUT2D eigenvalue weighted by Gasteiger charge is 2.30. The summed E-state index contributed by atoms with van der Waals surface area (Å²) in [6.07, 6.45) is -4.01. The van der Waals surface area contributed by atoms with Crippen molar-refractivity contribution in [2.75, 3.05) is 6.54 Å². The Morgan fingerprint density at radius 2 is 1.83 bits per heavy atom. The third-order valence-corrected chi connectivity index (χ3v) is 4.61. The molecule has 1 aromatic heterocycles. The number of aromatic nitrogens is 2. The maximum absolute atomic E-state index is 13.0. The summed E-state index contributed by atoms with van der Waals surface area (Å²) in [6.45, 7) is 1.77. The predicted octanol–water partition coefficient (Wildman–Crippen LogP) is 4.19. The van der Waals surface area contributed by atoms with Crippen LogP contribution in [0.3, 0.4) is 0 Å². The van der Waals surface area contributed by atoms with Crippen molar-refractivity contribution in [3.8, 4) is 5.69 Å². The van der Waals surface area contributed by atoms with Gasteiger partial charge in [-0.2, -0.15) is 18.3 Å². The van der Waals surface area contributed by atoms with Crippen LogP contribution in [0.15, 0.2) is 59.4 Å². The molecular weight excluding hydrogens is 419 g/mol. The molecule has 0 saturated heterocycles. The molecule has 0 atom stereocenters. The number of aryl methyl sites for hydroxylation is 1. The first-order valence-electron chi connectivity index (χ1n) is 8.96. The van der Waals surface area contributed by atoms with Gasteiger partial charge in [0.25, 0.3) is 5.91 Å². The van der Waals surface area contributed by atoms with Gasteiger partial charge in [0.15, 0.2) is 5.69 Å². The highest BCUT2D eigenvalue weighted by atomic mass is 35.5. The molecule has 0 bridgehead atoms. The molecule has 156 valence electrons. The number of amides is 1. The van der Waals surface area contributed by atoms with E-state index in [1.165, 1.54) is 25.1 Å². The minimum Gasteiger partial charge on any atom is -0.350 e. The van der Waals surface area contributed by atoms with E-state index in [1.807, 2.05) is 12.1 Å². The Morgan fingerprint density at radius 3 is 2.50 bits per heavy atom. The SMILES string of the molecule is Cc1cc(=O)c(C(=O)NCCc2ccc(Cl)cc2)nn1-c1cccc(C(F)(F)F)c1. The van der Waals surface area contributed by atoms with Gasteiger partial charge in [0.2, 0.25) is 5.43 Å². The van der Waals surface area contributed by atoms with Gasteiger partial charge in [-0.05, 0) is 49.2 Å². The molecule has 0 radical (unpaired) electrons. The minimum atomic E-state index is -4.52. The normalized spacial score (nSPS) is 11.4. The van der Waals surface area contributed by atoms with E-state index < -0.39 is 28.8 Å².